The predicted molar refractivity (Wildman–Crippen MR) is 66.7 cm³/mol. The van der Waals surface area contributed by atoms with Gasteiger partial charge in [-0.2, -0.15) is 4.98 Å². The monoisotopic (exact) mass is 261 g/mol. The summed E-state index contributed by atoms with van der Waals surface area (Å²) < 4.78 is 1.55. The molecule has 7 heteroatoms. The zero-order valence-corrected chi connectivity index (χ0v) is 10.7. The number of rotatable bonds is 2. The van der Waals surface area contributed by atoms with Crippen molar-refractivity contribution < 1.29 is 9.90 Å². The molecule has 0 unspecified atom stereocenters. The minimum atomic E-state index is -0.235. The van der Waals surface area contributed by atoms with Gasteiger partial charge in [-0.25, -0.2) is 9.50 Å². The van der Waals surface area contributed by atoms with Crippen molar-refractivity contribution in [1.29, 1.82) is 0 Å². The summed E-state index contributed by atoms with van der Waals surface area (Å²) in [6.07, 6.45) is 3.37. The maximum absolute atomic E-state index is 12.3. The number of nitrogens with zero attached hydrogens (tertiary/aromatic N) is 5. The number of likely N-dealkylation sites (tertiary alicyclic amines) is 1. The molecule has 2 aromatic heterocycles. The van der Waals surface area contributed by atoms with Gasteiger partial charge in [-0.1, -0.05) is 0 Å². The summed E-state index contributed by atoms with van der Waals surface area (Å²) in [7, 11) is 0. The van der Waals surface area contributed by atoms with Gasteiger partial charge in [0.05, 0.1) is 12.6 Å². The van der Waals surface area contributed by atoms with Crippen LogP contribution in [0.1, 0.15) is 29.2 Å². The molecule has 1 aliphatic heterocycles. The van der Waals surface area contributed by atoms with E-state index >= 15 is 0 Å². The van der Waals surface area contributed by atoms with Crippen LogP contribution in [0.5, 0.6) is 0 Å². The molecule has 1 saturated heterocycles. The maximum atomic E-state index is 12.3. The number of hydrogen-bond donors (Lipinski definition) is 1. The van der Waals surface area contributed by atoms with Crippen molar-refractivity contribution in [2.45, 2.75) is 25.8 Å². The first-order valence-electron chi connectivity index (χ1n) is 6.31. The van der Waals surface area contributed by atoms with Crippen LogP contribution < -0.4 is 0 Å². The number of aliphatic hydroxyl groups is 1. The molecule has 3 rings (SSSR count). The average Bonchev–Trinajstić information content (AvgIpc) is 3.04. The van der Waals surface area contributed by atoms with Crippen LogP contribution in [0.25, 0.3) is 5.78 Å². The summed E-state index contributed by atoms with van der Waals surface area (Å²) in [6, 6.07) is 1.69. The van der Waals surface area contributed by atoms with E-state index in [-0.39, 0.29) is 24.4 Å². The SMILES string of the molecule is Cc1ccnc2nc(C(=O)N3CCC[C@@H]3CO)nn12. The standard InChI is InChI=1S/C12H15N5O2/c1-8-4-5-13-12-14-10(15-17(8)12)11(19)16-6-2-3-9(16)7-18/h4-5,9,18H,2-3,6-7H2,1H3/t9-/m1/s1. The van der Waals surface area contributed by atoms with Crippen LogP contribution in [-0.4, -0.2) is 54.7 Å². The Hall–Kier alpha value is -2.02. The average molecular weight is 261 g/mol. The largest absolute Gasteiger partial charge is 0.394 e. The zero-order chi connectivity index (χ0) is 13.4. The van der Waals surface area contributed by atoms with Crippen LogP contribution in [0.4, 0.5) is 0 Å². The smallest absolute Gasteiger partial charge is 0.293 e. The molecule has 0 saturated carbocycles. The van der Waals surface area contributed by atoms with Crippen LogP contribution in [0.2, 0.25) is 0 Å². The van der Waals surface area contributed by atoms with Gasteiger partial charge in [0.25, 0.3) is 11.7 Å². The summed E-state index contributed by atoms with van der Waals surface area (Å²) in [5.41, 5.74) is 0.872. The number of carbonyl (C=O) groups is 1. The molecule has 0 radical (unpaired) electrons. The third-order valence-electron chi connectivity index (χ3n) is 3.47. The minimum Gasteiger partial charge on any atom is -0.394 e. The number of hydrogen-bond acceptors (Lipinski definition) is 5. The minimum absolute atomic E-state index is 0.0175. The molecule has 19 heavy (non-hydrogen) atoms. The van der Waals surface area contributed by atoms with Gasteiger partial charge in [0, 0.05) is 18.4 Å². The molecule has 0 aromatic carbocycles. The Balaban J connectivity index is 1.95. The molecule has 100 valence electrons. The van der Waals surface area contributed by atoms with E-state index in [0.717, 1.165) is 18.5 Å². The van der Waals surface area contributed by atoms with Gasteiger partial charge in [-0.15, -0.1) is 5.10 Å². The van der Waals surface area contributed by atoms with Crippen LogP contribution in [-0.2, 0) is 0 Å². The molecule has 1 amide bonds. The Labute approximate surface area is 109 Å². The summed E-state index contributed by atoms with van der Waals surface area (Å²) in [5.74, 6) is 0.326. The molecule has 0 aliphatic carbocycles. The Kier molecular flexibility index (Phi) is 2.90. The fourth-order valence-corrected chi connectivity index (χ4v) is 2.42. The second-order valence-electron chi connectivity index (χ2n) is 4.71. The van der Waals surface area contributed by atoms with Gasteiger partial charge in [0.15, 0.2) is 0 Å². The lowest BCUT2D eigenvalue weighted by Gasteiger charge is -2.21. The highest BCUT2D eigenvalue weighted by molar-refractivity contribution is 5.91. The molecule has 1 aliphatic rings. The Morgan fingerprint density at radius 2 is 2.42 bits per heavy atom. The second kappa shape index (κ2) is 4.58. The molecule has 1 atom stereocenters. The van der Waals surface area contributed by atoms with E-state index in [0.29, 0.717) is 12.3 Å². The first-order valence-corrected chi connectivity index (χ1v) is 6.31. The number of aliphatic hydroxyl groups excluding tert-OH is 1. The first kappa shape index (κ1) is 12.0. The molecule has 1 fully saturated rings. The van der Waals surface area contributed by atoms with E-state index < -0.39 is 0 Å². The Morgan fingerprint density at radius 1 is 1.58 bits per heavy atom. The number of amides is 1. The van der Waals surface area contributed by atoms with Gasteiger partial charge >= 0.3 is 0 Å². The van der Waals surface area contributed by atoms with E-state index in [1.165, 1.54) is 0 Å². The molecule has 3 heterocycles. The molecule has 1 N–H and O–H groups in total. The molecule has 2 aromatic rings. The highest BCUT2D eigenvalue weighted by atomic mass is 16.3. The van der Waals surface area contributed by atoms with Crippen molar-refractivity contribution in [3.05, 3.63) is 23.8 Å². The normalized spacial score (nSPS) is 19.3. The zero-order valence-electron chi connectivity index (χ0n) is 10.7. The van der Waals surface area contributed by atoms with Crippen LogP contribution in [0, 0.1) is 6.92 Å². The van der Waals surface area contributed by atoms with Gasteiger partial charge in [0.2, 0.25) is 5.82 Å². The highest BCUT2D eigenvalue weighted by Crippen LogP contribution is 2.18. The van der Waals surface area contributed by atoms with Crippen LogP contribution >= 0.6 is 0 Å². The second-order valence-corrected chi connectivity index (χ2v) is 4.71. The predicted octanol–water partition coefficient (Wildman–Crippen LogP) is 0.0296. The van der Waals surface area contributed by atoms with Crippen LogP contribution in [0.15, 0.2) is 12.3 Å². The third kappa shape index (κ3) is 1.95. The number of aryl methyl sites for hydroxylation is 1. The number of carbonyl (C=O) groups excluding carboxylic acids is 1. The summed E-state index contributed by atoms with van der Waals surface area (Å²) in [4.78, 5) is 22.2. The van der Waals surface area contributed by atoms with Crippen molar-refractivity contribution in [2.24, 2.45) is 0 Å². The van der Waals surface area contributed by atoms with Crippen molar-refractivity contribution >= 4 is 11.7 Å². The van der Waals surface area contributed by atoms with E-state index in [9.17, 15) is 9.90 Å². The third-order valence-corrected chi connectivity index (χ3v) is 3.47. The highest BCUT2D eigenvalue weighted by Gasteiger charge is 2.31. The van der Waals surface area contributed by atoms with Gasteiger partial charge < -0.3 is 10.0 Å². The Bertz CT molecular complexity index is 624. The topological polar surface area (TPSA) is 83.6 Å². The molecular weight excluding hydrogens is 246 g/mol. The van der Waals surface area contributed by atoms with E-state index in [1.807, 2.05) is 13.0 Å². The quantitative estimate of drug-likeness (QED) is 0.824. The van der Waals surface area contributed by atoms with E-state index in [2.05, 4.69) is 15.1 Å². The first-order chi connectivity index (χ1) is 9.20. The van der Waals surface area contributed by atoms with Crippen molar-refractivity contribution in [2.75, 3.05) is 13.2 Å². The molecular formula is C12H15N5O2. The fraction of sp³-hybridized carbons (Fsp3) is 0.500. The lowest BCUT2D eigenvalue weighted by atomic mass is 10.2. The van der Waals surface area contributed by atoms with Gasteiger partial charge in [-0.05, 0) is 25.8 Å². The lowest BCUT2D eigenvalue weighted by molar-refractivity contribution is 0.0665. The lowest BCUT2D eigenvalue weighted by Crippen LogP contribution is -2.38. The van der Waals surface area contributed by atoms with Crippen molar-refractivity contribution in [3.8, 4) is 0 Å². The maximum Gasteiger partial charge on any atom is 0.293 e. The van der Waals surface area contributed by atoms with Crippen molar-refractivity contribution in [1.82, 2.24) is 24.5 Å². The molecule has 7 nitrogen and oxygen atoms in total. The summed E-state index contributed by atoms with van der Waals surface area (Å²) >= 11 is 0. The number of fused-ring (bicyclic) bond motifs is 1. The Morgan fingerprint density at radius 3 is 3.16 bits per heavy atom. The van der Waals surface area contributed by atoms with Crippen molar-refractivity contribution in [3.63, 3.8) is 0 Å². The number of aromatic nitrogens is 4. The summed E-state index contributed by atoms with van der Waals surface area (Å²) in [5, 5.41) is 13.5. The van der Waals surface area contributed by atoms with Crippen LogP contribution in [0.3, 0.4) is 0 Å². The molecule has 0 spiro atoms. The van der Waals surface area contributed by atoms with Gasteiger partial charge in [0.1, 0.15) is 0 Å². The van der Waals surface area contributed by atoms with Gasteiger partial charge in [-0.3, -0.25) is 4.79 Å². The molecule has 0 bridgehead atoms. The summed E-state index contributed by atoms with van der Waals surface area (Å²) in [6.45, 7) is 2.51. The van der Waals surface area contributed by atoms with E-state index in [1.54, 1.807) is 15.6 Å². The fourth-order valence-electron chi connectivity index (χ4n) is 2.42. The van der Waals surface area contributed by atoms with E-state index in [4.69, 9.17) is 0 Å².